The topological polar surface area (TPSA) is 86.8 Å². The summed E-state index contributed by atoms with van der Waals surface area (Å²) in [4.78, 5) is 8.77. The highest BCUT2D eigenvalue weighted by Gasteiger charge is 2.14. The van der Waals surface area contributed by atoms with E-state index in [0.29, 0.717) is 11.4 Å². The van der Waals surface area contributed by atoms with Crippen LogP contribution >= 0.6 is 0 Å². The SMILES string of the molecule is COc1ccc(-c2nc(N)nnc2-c2cc(C)nc(C)c2)cc1. The molecule has 0 spiro atoms. The molecule has 0 aliphatic heterocycles. The molecule has 6 nitrogen and oxygen atoms in total. The summed E-state index contributed by atoms with van der Waals surface area (Å²) < 4.78 is 5.19. The molecule has 6 heteroatoms. The number of pyridine rings is 1. The Morgan fingerprint density at radius 3 is 2.09 bits per heavy atom. The van der Waals surface area contributed by atoms with Crippen molar-refractivity contribution in [2.24, 2.45) is 0 Å². The maximum Gasteiger partial charge on any atom is 0.240 e. The number of methoxy groups -OCH3 is 1. The van der Waals surface area contributed by atoms with Crippen molar-refractivity contribution in [3.05, 3.63) is 47.8 Å². The summed E-state index contributed by atoms with van der Waals surface area (Å²) in [6.07, 6.45) is 0. The molecular formula is C17H17N5O. The van der Waals surface area contributed by atoms with E-state index >= 15 is 0 Å². The van der Waals surface area contributed by atoms with E-state index in [2.05, 4.69) is 20.2 Å². The van der Waals surface area contributed by atoms with Crippen molar-refractivity contribution in [3.63, 3.8) is 0 Å². The van der Waals surface area contributed by atoms with Crippen LogP contribution in [0.4, 0.5) is 5.95 Å². The van der Waals surface area contributed by atoms with Crippen LogP contribution in [0.5, 0.6) is 5.75 Å². The van der Waals surface area contributed by atoms with Gasteiger partial charge in [0.1, 0.15) is 17.1 Å². The monoisotopic (exact) mass is 307 g/mol. The average molecular weight is 307 g/mol. The van der Waals surface area contributed by atoms with Gasteiger partial charge >= 0.3 is 0 Å². The zero-order chi connectivity index (χ0) is 16.4. The minimum Gasteiger partial charge on any atom is -0.497 e. The third-order valence-electron chi connectivity index (χ3n) is 3.42. The lowest BCUT2D eigenvalue weighted by molar-refractivity contribution is 0.415. The third kappa shape index (κ3) is 3.11. The molecular weight excluding hydrogens is 290 g/mol. The van der Waals surface area contributed by atoms with Gasteiger partial charge in [-0.25, -0.2) is 4.98 Å². The van der Waals surface area contributed by atoms with Crippen LogP contribution in [0, 0.1) is 13.8 Å². The van der Waals surface area contributed by atoms with E-state index in [-0.39, 0.29) is 5.95 Å². The van der Waals surface area contributed by atoms with Gasteiger partial charge in [0.15, 0.2) is 0 Å². The van der Waals surface area contributed by atoms with Gasteiger partial charge in [-0.3, -0.25) is 4.98 Å². The number of aromatic nitrogens is 4. The van der Waals surface area contributed by atoms with Crippen LogP contribution in [0.2, 0.25) is 0 Å². The van der Waals surface area contributed by atoms with Crippen LogP contribution in [-0.4, -0.2) is 27.3 Å². The molecule has 0 unspecified atom stereocenters. The van der Waals surface area contributed by atoms with E-state index in [0.717, 1.165) is 28.3 Å². The molecule has 0 saturated carbocycles. The van der Waals surface area contributed by atoms with Gasteiger partial charge in [-0.2, -0.15) is 0 Å². The van der Waals surface area contributed by atoms with E-state index in [1.807, 2.05) is 50.2 Å². The first-order valence-corrected chi connectivity index (χ1v) is 7.17. The predicted octanol–water partition coefficient (Wildman–Crippen LogP) is 2.81. The summed E-state index contributed by atoms with van der Waals surface area (Å²) in [5.74, 6) is 0.919. The van der Waals surface area contributed by atoms with Gasteiger partial charge in [-0.05, 0) is 50.2 Å². The molecule has 0 bridgehead atoms. The quantitative estimate of drug-likeness (QED) is 0.800. The van der Waals surface area contributed by atoms with E-state index in [1.54, 1.807) is 7.11 Å². The molecule has 1 aromatic carbocycles. The predicted molar refractivity (Wildman–Crippen MR) is 88.9 cm³/mol. The second kappa shape index (κ2) is 6.00. The molecule has 2 heterocycles. The van der Waals surface area contributed by atoms with Crippen molar-refractivity contribution >= 4 is 5.95 Å². The minimum absolute atomic E-state index is 0.141. The minimum atomic E-state index is 0.141. The standard InChI is InChI=1S/C17H17N5O/c1-10-8-13(9-11(2)19-10)16-15(20-17(18)22-21-16)12-4-6-14(23-3)7-5-12/h4-9H,1-3H3,(H2,18,20,22). The number of nitrogens with zero attached hydrogens (tertiary/aromatic N) is 4. The number of rotatable bonds is 3. The van der Waals surface area contributed by atoms with Crippen molar-refractivity contribution in [1.29, 1.82) is 0 Å². The second-order valence-electron chi connectivity index (χ2n) is 5.23. The van der Waals surface area contributed by atoms with Gasteiger partial charge in [0.25, 0.3) is 0 Å². The Morgan fingerprint density at radius 2 is 1.48 bits per heavy atom. The molecule has 2 N–H and O–H groups in total. The highest BCUT2D eigenvalue weighted by atomic mass is 16.5. The Balaban J connectivity index is 2.17. The van der Waals surface area contributed by atoms with Gasteiger partial charge in [0, 0.05) is 22.5 Å². The Bertz CT molecular complexity index is 826. The highest BCUT2D eigenvalue weighted by Crippen LogP contribution is 2.30. The van der Waals surface area contributed by atoms with Gasteiger partial charge in [0.2, 0.25) is 5.95 Å². The first-order chi connectivity index (χ1) is 11.1. The van der Waals surface area contributed by atoms with Crippen LogP contribution in [-0.2, 0) is 0 Å². The molecule has 2 aromatic heterocycles. The number of hydrogen-bond acceptors (Lipinski definition) is 6. The molecule has 3 rings (SSSR count). The molecule has 0 aliphatic rings. The summed E-state index contributed by atoms with van der Waals surface area (Å²) in [6, 6.07) is 11.5. The molecule has 3 aromatic rings. The third-order valence-corrected chi connectivity index (χ3v) is 3.42. The summed E-state index contributed by atoms with van der Waals surface area (Å²) in [5.41, 5.74) is 10.7. The van der Waals surface area contributed by atoms with Crippen LogP contribution in [0.1, 0.15) is 11.4 Å². The molecule has 116 valence electrons. The van der Waals surface area contributed by atoms with Crippen LogP contribution in [0.3, 0.4) is 0 Å². The molecule has 0 aliphatic carbocycles. The Kier molecular flexibility index (Phi) is 3.89. The Labute approximate surface area is 134 Å². The van der Waals surface area contributed by atoms with Gasteiger partial charge in [-0.1, -0.05) is 0 Å². The van der Waals surface area contributed by atoms with E-state index in [4.69, 9.17) is 10.5 Å². The van der Waals surface area contributed by atoms with Crippen molar-refractivity contribution in [2.75, 3.05) is 12.8 Å². The van der Waals surface area contributed by atoms with Crippen molar-refractivity contribution in [1.82, 2.24) is 20.2 Å². The number of aryl methyl sites for hydroxylation is 2. The van der Waals surface area contributed by atoms with Gasteiger partial charge < -0.3 is 10.5 Å². The van der Waals surface area contributed by atoms with Crippen LogP contribution < -0.4 is 10.5 Å². The van der Waals surface area contributed by atoms with Crippen molar-refractivity contribution < 1.29 is 4.74 Å². The summed E-state index contributed by atoms with van der Waals surface area (Å²) in [7, 11) is 1.63. The maximum atomic E-state index is 5.74. The zero-order valence-electron chi connectivity index (χ0n) is 13.2. The maximum absolute atomic E-state index is 5.74. The second-order valence-corrected chi connectivity index (χ2v) is 5.23. The highest BCUT2D eigenvalue weighted by molar-refractivity contribution is 5.78. The van der Waals surface area contributed by atoms with E-state index in [1.165, 1.54) is 0 Å². The summed E-state index contributed by atoms with van der Waals surface area (Å²) in [6.45, 7) is 3.89. The molecule has 0 saturated heterocycles. The lowest BCUT2D eigenvalue weighted by atomic mass is 10.0. The molecule has 0 amide bonds. The zero-order valence-corrected chi connectivity index (χ0v) is 13.2. The fourth-order valence-corrected chi connectivity index (χ4v) is 2.45. The first kappa shape index (κ1) is 14.9. The fraction of sp³-hybridized carbons (Fsp3) is 0.176. The van der Waals surface area contributed by atoms with Gasteiger partial charge in [-0.15, -0.1) is 10.2 Å². The van der Waals surface area contributed by atoms with Crippen LogP contribution in [0.15, 0.2) is 36.4 Å². The number of hydrogen-bond donors (Lipinski definition) is 1. The number of nitrogens with two attached hydrogens (primary N) is 1. The number of anilines is 1. The number of ether oxygens (including phenoxy) is 1. The van der Waals surface area contributed by atoms with E-state index < -0.39 is 0 Å². The smallest absolute Gasteiger partial charge is 0.240 e. The largest absolute Gasteiger partial charge is 0.497 e. The fourth-order valence-electron chi connectivity index (χ4n) is 2.45. The molecule has 0 radical (unpaired) electrons. The molecule has 0 atom stereocenters. The Hall–Kier alpha value is -3.02. The summed E-state index contributed by atoms with van der Waals surface area (Å²) in [5, 5.41) is 8.16. The van der Waals surface area contributed by atoms with Crippen molar-refractivity contribution in [2.45, 2.75) is 13.8 Å². The Morgan fingerprint density at radius 1 is 0.826 bits per heavy atom. The molecule has 23 heavy (non-hydrogen) atoms. The van der Waals surface area contributed by atoms with E-state index in [9.17, 15) is 0 Å². The van der Waals surface area contributed by atoms with Crippen molar-refractivity contribution in [3.8, 4) is 28.3 Å². The first-order valence-electron chi connectivity index (χ1n) is 7.17. The lowest BCUT2D eigenvalue weighted by Gasteiger charge is -2.10. The summed E-state index contributed by atoms with van der Waals surface area (Å²) >= 11 is 0. The number of benzene rings is 1. The molecule has 0 fully saturated rings. The normalized spacial score (nSPS) is 10.6. The average Bonchev–Trinajstić information content (AvgIpc) is 2.54. The van der Waals surface area contributed by atoms with Gasteiger partial charge in [0.05, 0.1) is 7.11 Å². The van der Waals surface area contributed by atoms with Crippen LogP contribution in [0.25, 0.3) is 22.5 Å². The number of nitrogen functional groups attached to an aromatic ring is 1. The lowest BCUT2D eigenvalue weighted by Crippen LogP contribution is -2.03.